The SMILES string of the molecule is CCCCC/C=[C]/C/C=C\CCCCCCCC. The van der Waals surface area contributed by atoms with Crippen LogP contribution in [0.5, 0.6) is 0 Å². The molecule has 0 amide bonds. The Labute approximate surface area is 116 Å². The van der Waals surface area contributed by atoms with Gasteiger partial charge in [0.2, 0.25) is 0 Å². The highest BCUT2D eigenvalue weighted by Gasteiger charge is 1.87. The molecule has 0 aliphatic carbocycles. The molecule has 105 valence electrons. The first-order valence-corrected chi connectivity index (χ1v) is 8.11. The van der Waals surface area contributed by atoms with Crippen LogP contribution in [0.15, 0.2) is 18.2 Å². The third-order valence-corrected chi connectivity index (χ3v) is 3.22. The minimum atomic E-state index is 1.00. The lowest BCUT2D eigenvalue weighted by atomic mass is 10.1. The van der Waals surface area contributed by atoms with Gasteiger partial charge in [-0.1, -0.05) is 77.0 Å². The molecule has 0 atom stereocenters. The van der Waals surface area contributed by atoms with Crippen molar-refractivity contribution in [1.82, 2.24) is 0 Å². The van der Waals surface area contributed by atoms with E-state index in [4.69, 9.17) is 0 Å². The lowest BCUT2D eigenvalue weighted by molar-refractivity contribution is 0.611. The van der Waals surface area contributed by atoms with E-state index in [2.05, 4.69) is 38.2 Å². The molecule has 0 rings (SSSR count). The highest BCUT2D eigenvalue weighted by atomic mass is 13.9. The van der Waals surface area contributed by atoms with E-state index < -0.39 is 0 Å². The number of hydrogen-bond acceptors (Lipinski definition) is 0. The summed E-state index contributed by atoms with van der Waals surface area (Å²) < 4.78 is 0. The van der Waals surface area contributed by atoms with Gasteiger partial charge in [-0.2, -0.15) is 0 Å². The lowest BCUT2D eigenvalue weighted by Crippen LogP contribution is -1.77. The molecule has 0 aliphatic rings. The van der Waals surface area contributed by atoms with Crippen LogP contribution in [0.1, 0.15) is 90.9 Å². The molecule has 0 fully saturated rings. The van der Waals surface area contributed by atoms with Crippen molar-refractivity contribution in [3.63, 3.8) is 0 Å². The summed E-state index contributed by atoms with van der Waals surface area (Å²) in [6.45, 7) is 4.52. The maximum Gasteiger partial charge on any atom is -0.00979 e. The summed E-state index contributed by atoms with van der Waals surface area (Å²) in [5, 5.41) is 0. The van der Waals surface area contributed by atoms with Gasteiger partial charge in [0.05, 0.1) is 0 Å². The zero-order valence-corrected chi connectivity index (χ0v) is 12.7. The Hall–Kier alpha value is -0.520. The van der Waals surface area contributed by atoms with Crippen molar-refractivity contribution < 1.29 is 0 Å². The zero-order valence-electron chi connectivity index (χ0n) is 12.7. The highest BCUT2D eigenvalue weighted by molar-refractivity contribution is 4.87. The van der Waals surface area contributed by atoms with E-state index in [1.807, 2.05) is 0 Å². The lowest BCUT2D eigenvalue weighted by Gasteiger charge is -1.97. The van der Waals surface area contributed by atoms with Crippen LogP contribution in [0, 0.1) is 6.08 Å². The summed E-state index contributed by atoms with van der Waals surface area (Å²) >= 11 is 0. The molecule has 0 saturated carbocycles. The van der Waals surface area contributed by atoms with Gasteiger partial charge >= 0.3 is 0 Å². The van der Waals surface area contributed by atoms with Gasteiger partial charge in [-0.15, -0.1) is 0 Å². The number of hydrogen-bond donors (Lipinski definition) is 0. The summed E-state index contributed by atoms with van der Waals surface area (Å²) in [4.78, 5) is 0. The molecular formula is C18H33. The maximum absolute atomic E-state index is 3.35. The summed E-state index contributed by atoms with van der Waals surface area (Å²) in [5.41, 5.74) is 0. The largest absolute Gasteiger partial charge is 0.0882 e. The topological polar surface area (TPSA) is 0 Å². The summed E-state index contributed by atoms with van der Waals surface area (Å²) in [5.74, 6) is 0. The van der Waals surface area contributed by atoms with E-state index in [9.17, 15) is 0 Å². The van der Waals surface area contributed by atoms with Crippen molar-refractivity contribution in [2.75, 3.05) is 0 Å². The molecule has 0 aromatic carbocycles. The Morgan fingerprint density at radius 3 is 2.06 bits per heavy atom. The molecule has 0 unspecified atom stereocenters. The summed E-state index contributed by atoms with van der Waals surface area (Å²) in [6.07, 6.45) is 26.0. The molecule has 0 heterocycles. The molecule has 0 spiro atoms. The third-order valence-electron chi connectivity index (χ3n) is 3.22. The Kier molecular flexibility index (Phi) is 16.0. The van der Waals surface area contributed by atoms with Crippen LogP contribution in [-0.2, 0) is 0 Å². The van der Waals surface area contributed by atoms with E-state index in [1.165, 1.54) is 70.6 Å². The molecule has 1 radical (unpaired) electrons. The molecule has 0 aromatic heterocycles. The van der Waals surface area contributed by atoms with Crippen molar-refractivity contribution in [2.24, 2.45) is 0 Å². The molecule has 0 nitrogen and oxygen atoms in total. The van der Waals surface area contributed by atoms with E-state index in [0.29, 0.717) is 0 Å². The van der Waals surface area contributed by atoms with Gasteiger partial charge in [-0.25, -0.2) is 0 Å². The first-order valence-electron chi connectivity index (χ1n) is 8.11. The number of rotatable bonds is 13. The van der Waals surface area contributed by atoms with Gasteiger partial charge in [-0.3, -0.25) is 0 Å². The van der Waals surface area contributed by atoms with Gasteiger partial charge < -0.3 is 0 Å². The average molecular weight is 249 g/mol. The molecular weight excluding hydrogens is 216 g/mol. The van der Waals surface area contributed by atoms with Crippen molar-refractivity contribution in [3.8, 4) is 0 Å². The van der Waals surface area contributed by atoms with Crippen LogP contribution in [-0.4, -0.2) is 0 Å². The Bertz CT molecular complexity index is 188. The second-order valence-electron chi connectivity index (χ2n) is 5.14. The fourth-order valence-electron chi connectivity index (χ4n) is 1.99. The highest BCUT2D eigenvalue weighted by Crippen LogP contribution is 2.07. The quantitative estimate of drug-likeness (QED) is 0.254. The Balaban J connectivity index is 3.13. The Morgan fingerprint density at radius 2 is 1.28 bits per heavy atom. The van der Waals surface area contributed by atoms with Crippen LogP contribution in [0.3, 0.4) is 0 Å². The molecule has 0 aliphatic heterocycles. The molecule has 0 aromatic rings. The van der Waals surface area contributed by atoms with E-state index in [-0.39, 0.29) is 0 Å². The zero-order chi connectivity index (χ0) is 13.3. The van der Waals surface area contributed by atoms with Crippen LogP contribution in [0.25, 0.3) is 0 Å². The van der Waals surface area contributed by atoms with Gasteiger partial charge in [0.25, 0.3) is 0 Å². The fraction of sp³-hybridized carbons (Fsp3) is 0.778. The second kappa shape index (κ2) is 16.5. The predicted octanol–water partition coefficient (Wildman–Crippen LogP) is 6.62. The van der Waals surface area contributed by atoms with Crippen molar-refractivity contribution in [2.45, 2.75) is 90.9 Å². The monoisotopic (exact) mass is 249 g/mol. The minimum absolute atomic E-state index is 1.00. The predicted molar refractivity (Wildman–Crippen MR) is 83.7 cm³/mol. The molecule has 0 bridgehead atoms. The standard InChI is InChI=1S/C18H33/c1-3-5-7-9-11-13-15-17-18-16-14-12-10-8-6-4-2/h11,17-18H,3-10,12,14-16H2,1-2H3/b13-11?,18-17-. The fourth-order valence-corrected chi connectivity index (χ4v) is 1.99. The van der Waals surface area contributed by atoms with Crippen molar-refractivity contribution in [3.05, 3.63) is 24.3 Å². The molecule has 0 saturated heterocycles. The normalized spacial score (nSPS) is 11.9. The van der Waals surface area contributed by atoms with E-state index in [0.717, 1.165) is 6.42 Å². The van der Waals surface area contributed by atoms with Crippen LogP contribution >= 0.6 is 0 Å². The maximum atomic E-state index is 3.35. The van der Waals surface area contributed by atoms with Gasteiger partial charge in [0, 0.05) is 0 Å². The minimum Gasteiger partial charge on any atom is -0.0882 e. The van der Waals surface area contributed by atoms with Crippen LogP contribution in [0.2, 0.25) is 0 Å². The van der Waals surface area contributed by atoms with Crippen molar-refractivity contribution >= 4 is 0 Å². The number of allylic oxidation sites excluding steroid dienone is 4. The van der Waals surface area contributed by atoms with Crippen LogP contribution in [0.4, 0.5) is 0 Å². The first kappa shape index (κ1) is 17.5. The van der Waals surface area contributed by atoms with Gasteiger partial charge in [0.1, 0.15) is 0 Å². The van der Waals surface area contributed by atoms with Crippen molar-refractivity contribution in [1.29, 1.82) is 0 Å². The smallest absolute Gasteiger partial charge is 0.00979 e. The molecule has 0 N–H and O–H groups in total. The third kappa shape index (κ3) is 15.5. The van der Waals surface area contributed by atoms with Gasteiger partial charge in [0.15, 0.2) is 0 Å². The van der Waals surface area contributed by atoms with Gasteiger partial charge in [-0.05, 0) is 38.2 Å². The summed E-state index contributed by atoms with van der Waals surface area (Å²) in [6, 6.07) is 0. The average Bonchev–Trinajstić information content (AvgIpc) is 2.39. The molecule has 18 heavy (non-hydrogen) atoms. The van der Waals surface area contributed by atoms with E-state index in [1.54, 1.807) is 0 Å². The first-order chi connectivity index (χ1) is 8.91. The molecule has 0 heteroatoms. The number of unbranched alkanes of at least 4 members (excludes halogenated alkanes) is 9. The Morgan fingerprint density at radius 1 is 0.667 bits per heavy atom. The second-order valence-corrected chi connectivity index (χ2v) is 5.14. The summed E-state index contributed by atoms with van der Waals surface area (Å²) in [7, 11) is 0. The van der Waals surface area contributed by atoms with E-state index >= 15 is 0 Å². The van der Waals surface area contributed by atoms with Crippen LogP contribution < -0.4 is 0 Å².